The maximum absolute atomic E-state index is 5.97. The third kappa shape index (κ3) is 3.55. The number of aromatic nitrogens is 1. The average Bonchev–Trinajstić information content (AvgIpc) is 2.54. The molecule has 4 nitrogen and oxygen atoms in total. The molecule has 1 aliphatic carbocycles. The van der Waals surface area contributed by atoms with Crippen LogP contribution in [0.3, 0.4) is 0 Å². The van der Waals surface area contributed by atoms with Gasteiger partial charge in [-0.15, -0.1) is 0 Å². The highest BCUT2D eigenvalue weighted by atomic mass is 16.5. The normalized spacial score (nSPS) is 26.3. The first-order valence-electron chi connectivity index (χ1n) is 8.42. The second kappa shape index (κ2) is 7.23. The summed E-state index contributed by atoms with van der Waals surface area (Å²) in [6, 6.07) is 4.86. The lowest BCUT2D eigenvalue weighted by molar-refractivity contribution is -0.0910. The number of rotatable bonds is 5. The Morgan fingerprint density at radius 2 is 2.29 bits per heavy atom. The van der Waals surface area contributed by atoms with E-state index in [0.717, 1.165) is 38.5 Å². The topological polar surface area (TPSA) is 37.4 Å². The maximum Gasteiger partial charge on any atom is 0.130 e. The van der Waals surface area contributed by atoms with E-state index in [9.17, 15) is 0 Å². The van der Waals surface area contributed by atoms with Crippen LogP contribution in [-0.4, -0.2) is 41.7 Å². The molecule has 1 N–H and O–H groups in total. The third-order valence-electron chi connectivity index (χ3n) is 4.65. The van der Waals surface area contributed by atoms with Crippen LogP contribution in [-0.2, 0) is 11.3 Å². The SMILES string of the molecule is CCCNc1ncccc1CN1CCOC2CCCCC21. The first-order valence-corrected chi connectivity index (χ1v) is 8.42. The van der Waals surface area contributed by atoms with Crippen molar-refractivity contribution in [1.82, 2.24) is 9.88 Å². The summed E-state index contributed by atoms with van der Waals surface area (Å²) in [5.74, 6) is 1.05. The number of pyridine rings is 1. The van der Waals surface area contributed by atoms with Crippen LogP contribution >= 0.6 is 0 Å². The van der Waals surface area contributed by atoms with Crippen LogP contribution in [0.15, 0.2) is 18.3 Å². The molecule has 3 rings (SSSR count). The molecular weight excluding hydrogens is 262 g/mol. The van der Waals surface area contributed by atoms with Crippen molar-refractivity contribution in [2.45, 2.75) is 57.7 Å². The van der Waals surface area contributed by atoms with Crippen LogP contribution in [0.5, 0.6) is 0 Å². The van der Waals surface area contributed by atoms with E-state index in [1.54, 1.807) is 0 Å². The van der Waals surface area contributed by atoms with Gasteiger partial charge in [-0.05, 0) is 25.3 Å². The van der Waals surface area contributed by atoms with Gasteiger partial charge in [0.05, 0.1) is 12.7 Å². The fourth-order valence-corrected chi connectivity index (χ4v) is 3.56. The van der Waals surface area contributed by atoms with Crippen molar-refractivity contribution >= 4 is 5.82 Å². The van der Waals surface area contributed by atoms with E-state index in [1.807, 2.05) is 12.3 Å². The third-order valence-corrected chi connectivity index (χ3v) is 4.65. The number of morpholine rings is 1. The predicted octanol–water partition coefficient (Wildman–Crippen LogP) is 3.05. The Bertz CT molecular complexity index is 449. The Morgan fingerprint density at radius 3 is 3.19 bits per heavy atom. The molecule has 2 atom stereocenters. The molecule has 0 amide bonds. The van der Waals surface area contributed by atoms with Gasteiger partial charge in [-0.3, -0.25) is 4.90 Å². The molecule has 0 radical (unpaired) electrons. The highest BCUT2D eigenvalue weighted by Crippen LogP contribution is 2.30. The van der Waals surface area contributed by atoms with Gasteiger partial charge in [-0.25, -0.2) is 4.98 Å². The van der Waals surface area contributed by atoms with Crippen molar-refractivity contribution in [3.05, 3.63) is 23.9 Å². The fraction of sp³-hybridized carbons (Fsp3) is 0.706. The van der Waals surface area contributed by atoms with E-state index in [1.165, 1.54) is 31.2 Å². The van der Waals surface area contributed by atoms with E-state index < -0.39 is 0 Å². The van der Waals surface area contributed by atoms with Crippen LogP contribution in [0, 0.1) is 0 Å². The van der Waals surface area contributed by atoms with Crippen LogP contribution in [0.1, 0.15) is 44.6 Å². The molecule has 2 heterocycles. The minimum Gasteiger partial charge on any atom is -0.375 e. The monoisotopic (exact) mass is 289 g/mol. The zero-order valence-electron chi connectivity index (χ0n) is 13.1. The summed E-state index contributed by atoms with van der Waals surface area (Å²) in [6.45, 7) is 6.08. The number of anilines is 1. The molecule has 0 aromatic carbocycles. The van der Waals surface area contributed by atoms with Crippen LogP contribution in [0.2, 0.25) is 0 Å². The molecule has 2 unspecified atom stereocenters. The Morgan fingerprint density at radius 1 is 1.38 bits per heavy atom. The lowest BCUT2D eigenvalue weighted by atomic mass is 9.90. The lowest BCUT2D eigenvalue weighted by Gasteiger charge is -2.44. The summed E-state index contributed by atoms with van der Waals surface area (Å²) < 4.78 is 5.97. The van der Waals surface area contributed by atoms with Crippen LogP contribution < -0.4 is 5.32 Å². The van der Waals surface area contributed by atoms with Crippen LogP contribution in [0.25, 0.3) is 0 Å². The van der Waals surface area contributed by atoms with E-state index in [2.05, 4.69) is 28.2 Å². The van der Waals surface area contributed by atoms with Gasteiger partial charge in [0.1, 0.15) is 5.82 Å². The van der Waals surface area contributed by atoms with E-state index in [4.69, 9.17) is 4.74 Å². The number of nitrogens with zero attached hydrogens (tertiary/aromatic N) is 2. The van der Waals surface area contributed by atoms with Crippen molar-refractivity contribution in [3.63, 3.8) is 0 Å². The largest absolute Gasteiger partial charge is 0.375 e. The lowest BCUT2D eigenvalue weighted by Crippen LogP contribution is -2.52. The minimum absolute atomic E-state index is 0.455. The Kier molecular flexibility index (Phi) is 5.09. The van der Waals surface area contributed by atoms with E-state index >= 15 is 0 Å². The Labute approximate surface area is 127 Å². The number of fused-ring (bicyclic) bond motifs is 1. The van der Waals surface area contributed by atoms with E-state index in [-0.39, 0.29) is 0 Å². The molecule has 1 aliphatic heterocycles. The van der Waals surface area contributed by atoms with E-state index in [0.29, 0.717) is 12.1 Å². The van der Waals surface area contributed by atoms with Crippen molar-refractivity contribution in [2.75, 3.05) is 25.0 Å². The zero-order valence-corrected chi connectivity index (χ0v) is 13.1. The summed E-state index contributed by atoms with van der Waals surface area (Å²) in [5, 5.41) is 3.46. The van der Waals surface area contributed by atoms with Gasteiger partial charge >= 0.3 is 0 Å². The molecule has 0 spiro atoms. The summed E-state index contributed by atoms with van der Waals surface area (Å²) in [7, 11) is 0. The number of nitrogens with one attached hydrogen (secondary N) is 1. The Hall–Kier alpha value is -1.13. The number of hydrogen-bond acceptors (Lipinski definition) is 4. The number of hydrogen-bond donors (Lipinski definition) is 1. The highest BCUT2D eigenvalue weighted by Gasteiger charge is 2.34. The smallest absolute Gasteiger partial charge is 0.130 e. The van der Waals surface area contributed by atoms with Gasteiger partial charge in [0, 0.05) is 37.4 Å². The molecule has 1 aromatic heterocycles. The molecule has 21 heavy (non-hydrogen) atoms. The van der Waals surface area contributed by atoms with Crippen LogP contribution in [0.4, 0.5) is 5.82 Å². The van der Waals surface area contributed by atoms with Gasteiger partial charge in [0.25, 0.3) is 0 Å². The molecule has 1 aromatic rings. The molecule has 116 valence electrons. The quantitative estimate of drug-likeness (QED) is 0.904. The Balaban J connectivity index is 1.70. The van der Waals surface area contributed by atoms with Gasteiger partial charge in [-0.1, -0.05) is 25.8 Å². The summed E-state index contributed by atoms with van der Waals surface area (Å²) in [4.78, 5) is 7.13. The fourth-order valence-electron chi connectivity index (χ4n) is 3.56. The first-order chi connectivity index (χ1) is 10.4. The highest BCUT2D eigenvalue weighted by molar-refractivity contribution is 5.43. The summed E-state index contributed by atoms with van der Waals surface area (Å²) in [6.07, 6.45) is 8.64. The second-order valence-electron chi connectivity index (χ2n) is 6.17. The minimum atomic E-state index is 0.455. The molecule has 4 heteroatoms. The molecular formula is C17H27N3O. The molecule has 1 saturated heterocycles. The number of ether oxygens (including phenoxy) is 1. The first kappa shape index (κ1) is 14.8. The second-order valence-corrected chi connectivity index (χ2v) is 6.17. The summed E-state index contributed by atoms with van der Waals surface area (Å²) >= 11 is 0. The van der Waals surface area contributed by atoms with Crippen molar-refractivity contribution in [2.24, 2.45) is 0 Å². The standard InChI is InChI=1S/C17H27N3O/c1-2-9-18-17-14(6-5-10-19-17)13-20-11-12-21-16-8-4-3-7-15(16)20/h5-6,10,15-16H,2-4,7-9,11-13H2,1H3,(H,18,19). The molecule has 0 bridgehead atoms. The van der Waals surface area contributed by atoms with Gasteiger partial charge in [0.15, 0.2) is 0 Å². The summed E-state index contributed by atoms with van der Waals surface area (Å²) in [5.41, 5.74) is 1.32. The maximum atomic E-state index is 5.97. The zero-order chi connectivity index (χ0) is 14.5. The molecule has 2 fully saturated rings. The average molecular weight is 289 g/mol. The van der Waals surface area contributed by atoms with Gasteiger partial charge in [0.2, 0.25) is 0 Å². The predicted molar refractivity (Wildman–Crippen MR) is 85.4 cm³/mol. The van der Waals surface area contributed by atoms with Crippen molar-refractivity contribution in [3.8, 4) is 0 Å². The van der Waals surface area contributed by atoms with Crippen molar-refractivity contribution in [1.29, 1.82) is 0 Å². The van der Waals surface area contributed by atoms with Gasteiger partial charge in [-0.2, -0.15) is 0 Å². The van der Waals surface area contributed by atoms with Crippen molar-refractivity contribution < 1.29 is 4.74 Å². The van der Waals surface area contributed by atoms with Gasteiger partial charge < -0.3 is 10.1 Å². The molecule has 2 aliphatic rings. The molecule has 1 saturated carbocycles.